The Morgan fingerprint density at radius 2 is 1.85 bits per heavy atom. The minimum atomic E-state index is -1.40. The van der Waals surface area contributed by atoms with Gasteiger partial charge in [-0.2, -0.15) is 0 Å². The zero-order chi connectivity index (χ0) is 28.4. The summed E-state index contributed by atoms with van der Waals surface area (Å²) in [6, 6.07) is 12.9. The number of nitrogens with two attached hydrogens (primary N) is 1. The Kier molecular flexibility index (Phi) is 10.4. The van der Waals surface area contributed by atoms with Crippen molar-refractivity contribution in [3.8, 4) is 22.8 Å². The number of nitrogen functional groups attached to an aromatic ring is 1. The first kappa shape index (κ1) is 29.2. The van der Waals surface area contributed by atoms with Crippen molar-refractivity contribution < 1.29 is 23.2 Å². The standard InChI is InChI=1S/C29H38N6O5S/c1-37-27-20-22(4-6-28(27)41(36)32-10-2-12-35-13-17-39-18-14-35)33-29-31-11-7-25(34-29)21-3-5-26(24(30)19-21)40-23-8-15-38-16-9-23/h3-7,11,19-20,23,32H,2,8-10,12-18,30H2,1H3,(H,31,33,34). The number of nitrogens with one attached hydrogen (secondary N) is 2. The molecule has 5 rings (SSSR count). The van der Waals surface area contributed by atoms with E-state index in [-0.39, 0.29) is 6.10 Å². The second-order valence-electron chi connectivity index (χ2n) is 9.91. The maximum atomic E-state index is 12.9. The van der Waals surface area contributed by atoms with Crippen LogP contribution in [-0.2, 0) is 20.5 Å². The Labute approximate surface area is 243 Å². The predicted octanol–water partition coefficient (Wildman–Crippen LogP) is 3.37. The molecule has 0 aliphatic carbocycles. The van der Waals surface area contributed by atoms with E-state index in [1.54, 1.807) is 25.4 Å². The van der Waals surface area contributed by atoms with Crippen LogP contribution in [0.2, 0.25) is 0 Å². The number of nitrogens with zero attached hydrogens (tertiary/aromatic N) is 3. The second-order valence-corrected chi connectivity index (χ2v) is 11.2. The zero-order valence-electron chi connectivity index (χ0n) is 23.3. The molecule has 220 valence electrons. The van der Waals surface area contributed by atoms with Gasteiger partial charge in [0.05, 0.1) is 49.8 Å². The number of anilines is 3. The Morgan fingerprint density at radius 1 is 1.05 bits per heavy atom. The number of benzene rings is 2. The summed E-state index contributed by atoms with van der Waals surface area (Å²) in [6.07, 6.45) is 4.42. The molecule has 12 heteroatoms. The van der Waals surface area contributed by atoms with Crippen molar-refractivity contribution in [1.29, 1.82) is 0 Å². The van der Waals surface area contributed by atoms with Crippen LogP contribution in [-0.4, -0.2) is 84.9 Å². The Balaban J connectivity index is 1.19. The number of ether oxygens (including phenoxy) is 4. The molecule has 0 saturated carbocycles. The highest BCUT2D eigenvalue weighted by Gasteiger charge is 2.17. The summed E-state index contributed by atoms with van der Waals surface area (Å²) in [4.78, 5) is 12.0. The van der Waals surface area contributed by atoms with Crippen LogP contribution in [0, 0.1) is 0 Å². The number of hydrogen-bond donors (Lipinski definition) is 3. The van der Waals surface area contributed by atoms with Gasteiger partial charge in [0.25, 0.3) is 0 Å². The molecule has 2 aliphatic rings. The maximum Gasteiger partial charge on any atom is 0.227 e. The first-order valence-corrected chi connectivity index (χ1v) is 15.1. The van der Waals surface area contributed by atoms with Crippen LogP contribution >= 0.6 is 0 Å². The van der Waals surface area contributed by atoms with Crippen molar-refractivity contribution in [3.63, 3.8) is 0 Å². The van der Waals surface area contributed by atoms with Crippen molar-refractivity contribution in [2.24, 2.45) is 0 Å². The largest absolute Gasteiger partial charge is 0.495 e. The smallest absolute Gasteiger partial charge is 0.227 e. The van der Waals surface area contributed by atoms with Gasteiger partial charge < -0.3 is 30.0 Å². The third-order valence-corrected chi connectivity index (χ3v) is 8.23. The van der Waals surface area contributed by atoms with E-state index in [1.807, 2.05) is 30.3 Å². The summed E-state index contributed by atoms with van der Waals surface area (Å²) < 4.78 is 38.5. The van der Waals surface area contributed by atoms with Gasteiger partial charge in [-0.3, -0.25) is 4.90 Å². The lowest BCUT2D eigenvalue weighted by Crippen LogP contribution is -2.37. The van der Waals surface area contributed by atoms with E-state index in [2.05, 4.69) is 24.9 Å². The van der Waals surface area contributed by atoms with Crippen LogP contribution in [0.3, 0.4) is 0 Å². The molecule has 2 aromatic carbocycles. The monoisotopic (exact) mass is 582 g/mol. The summed E-state index contributed by atoms with van der Waals surface area (Å²) in [5.41, 5.74) is 9.17. The maximum absolute atomic E-state index is 12.9. The SMILES string of the molecule is COc1cc(Nc2nccc(-c3ccc(OC4CCOCC4)c(N)c3)n2)ccc1S(=O)NCCCN1CCOCC1. The van der Waals surface area contributed by atoms with Crippen molar-refractivity contribution in [3.05, 3.63) is 48.7 Å². The van der Waals surface area contributed by atoms with Crippen LogP contribution in [0.15, 0.2) is 53.6 Å². The molecule has 2 saturated heterocycles. The first-order chi connectivity index (χ1) is 20.1. The van der Waals surface area contributed by atoms with Gasteiger partial charge in [0.1, 0.15) is 28.6 Å². The molecular weight excluding hydrogens is 544 g/mol. The van der Waals surface area contributed by atoms with Crippen molar-refractivity contribution in [2.45, 2.75) is 30.3 Å². The first-order valence-electron chi connectivity index (χ1n) is 14.0. The number of morpholine rings is 1. The van der Waals surface area contributed by atoms with E-state index in [0.29, 0.717) is 53.5 Å². The molecule has 0 radical (unpaired) electrons. The van der Waals surface area contributed by atoms with Gasteiger partial charge in [0.2, 0.25) is 5.95 Å². The highest BCUT2D eigenvalue weighted by Crippen LogP contribution is 2.31. The van der Waals surface area contributed by atoms with Crippen molar-refractivity contribution in [2.75, 3.05) is 70.8 Å². The molecule has 3 heterocycles. The topological polar surface area (TPSA) is 133 Å². The molecule has 4 N–H and O–H groups in total. The molecule has 41 heavy (non-hydrogen) atoms. The van der Waals surface area contributed by atoms with Crippen LogP contribution < -0.4 is 25.2 Å². The zero-order valence-corrected chi connectivity index (χ0v) is 24.2. The van der Waals surface area contributed by atoms with E-state index in [4.69, 9.17) is 24.7 Å². The quantitative estimate of drug-likeness (QED) is 0.216. The molecule has 1 aromatic heterocycles. The molecule has 2 aliphatic heterocycles. The summed E-state index contributed by atoms with van der Waals surface area (Å²) in [6.45, 7) is 6.46. The number of rotatable bonds is 12. The third-order valence-electron chi connectivity index (χ3n) is 7.03. The van der Waals surface area contributed by atoms with Crippen molar-refractivity contribution in [1.82, 2.24) is 19.6 Å². The molecule has 2 fully saturated rings. The van der Waals surface area contributed by atoms with Crippen LogP contribution in [0.4, 0.5) is 17.3 Å². The molecule has 0 amide bonds. The van der Waals surface area contributed by atoms with Gasteiger partial charge in [-0.15, -0.1) is 0 Å². The normalized spacial score (nSPS) is 17.2. The number of aromatic nitrogens is 2. The average molecular weight is 583 g/mol. The molecule has 3 aromatic rings. The van der Waals surface area contributed by atoms with Gasteiger partial charge in [-0.1, -0.05) is 0 Å². The third kappa shape index (κ3) is 8.14. The minimum Gasteiger partial charge on any atom is -0.495 e. The van der Waals surface area contributed by atoms with E-state index in [9.17, 15) is 4.21 Å². The average Bonchev–Trinajstić information content (AvgIpc) is 3.01. The molecule has 0 spiro atoms. The second kappa shape index (κ2) is 14.6. The minimum absolute atomic E-state index is 0.115. The van der Waals surface area contributed by atoms with E-state index in [0.717, 1.165) is 63.4 Å². The lowest BCUT2D eigenvalue weighted by atomic mass is 10.1. The van der Waals surface area contributed by atoms with Gasteiger partial charge in [-0.25, -0.2) is 18.9 Å². The fourth-order valence-electron chi connectivity index (χ4n) is 4.77. The van der Waals surface area contributed by atoms with E-state index < -0.39 is 11.0 Å². The van der Waals surface area contributed by atoms with Crippen LogP contribution in [0.1, 0.15) is 19.3 Å². The lowest BCUT2D eigenvalue weighted by Gasteiger charge is -2.26. The Hall–Kier alpha value is -3.29. The summed E-state index contributed by atoms with van der Waals surface area (Å²) >= 11 is 0. The lowest BCUT2D eigenvalue weighted by molar-refractivity contribution is 0.0259. The van der Waals surface area contributed by atoms with E-state index >= 15 is 0 Å². The highest BCUT2D eigenvalue weighted by atomic mass is 32.2. The van der Waals surface area contributed by atoms with Gasteiger partial charge in [-0.05, 0) is 49.4 Å². The molecule has 0 bridgehead atoms. The van der Waals surface area contributed by atoms with Crippen molar-refractivity contribution >= 4 is 28.3 Å². The number of methoxy groups -OCH3 is 1. The van der Waals surface area contributed by atoms with Crippen LogP contribution in [0.5, 0.6) is 11.5 Å². The van der Waals surface area contributed by atoms with Crippen LogP contribution in [0.25, 0.3) is 11.3 Å². The van der Waals surface area contributed by atoms with Gasteiger partial charge in [0.15, 0.2) is 0 Å². The molecule has 11 nitrogen and oxygen atoms in total. The predicted molar refractivity (Wildman–Crippen MR) is 159 cm³/mol. The fraction of sp³-hybridized carbons (Fsp3) is 0.448. The highest BCUT2D eigenvalue weighted by molar-refractivity contribution is 7.83. The fourth-order valence-corrected chi connectivity index (χ4v) is 5.77. The Morgan fingerprint density at radius 3 is 2.63 bits per heavy atom. The molecular formula is C29H38N6O5S. The summed E-state index contributed by atoms with van der Waals surface area (Å²) in [5, 5.41) is 3.22. The summed E-state index contributed by atoms with van der Waals surface area (Å²) in [5.74, 6) is 1.60. The molecule has 1 atom stereocenters. The van der Waals surface area contributed by atoms with Gasteiger partial charge >= 0.3 is 0 Å². The van der Waals surface area contributed by atoms with E-state index in [1.165, 1.54) is 0 Å². The summed E-state index contributed by atoms with van der Waals surface area (Å²) in [7, 11) is 0.167. The molecule has 1 unspecified atom stereocenters. The Bertz CT molecular complexity index is 1320. The van der Waals surface area contributed by atoms with Gasteiger partial charge in [0, 0.05) is 56.0 Å². The number of hydrogen-bond acceptors (Lipinski definition) is 10.